The van der Waals surface area contributed by atoms with Crippen LogP contribution in [0.1, 0.15) is 15.1 Å². The smallest absolute Gasteiger partial charge is 0.136 e. The van der Waals surface area contributed by atoms with Crippen LogP contribution in [0, 0.1) is 0 Å². The molecule has 0 aliphatic rings. The minimum absolute atomic E-state index is 0.0366. The Hall–Kier alpha value is -6.90. The van der Waals surface area contributed by atoms with Gasteiger partial charge in [0.05, 0.1) is 20.8 Å². The molecule has 0 amide bonds. The van der Waals surface area contributed by atoms with E-state index >= 15 is 0 Å². The van der Waals surface area contributed by atoms with Gasteiger partial charge in [-0.15, -0.1) is 0 Å². The molecule has 0 saturated heterocycles. The SMILES string of the molecule is [2H]c1c([2H])c(N(c2ccc(-c3cccc4oc5ccccc5c34)cc2)c2c([2H])c([2H])c([2H])c3c([2H])c([2H])c([2H])c([2H])c23)c([2H])c([2H])c1-c1ccc(-c2cccc3ccccc23)cc1. The monoisotopic (exact) mass is 674 g/mol. The Balaban J connectivity index is 1.19. The first-order valence-electron chi connectivity index (χ1n) is 22.4. The Kier molecular flexibility index (Phi) is 4.96. The zero-order valence-corrected chi connectivity index (χ0v) is 27.6. The van der Waals surface area contributed by atoms with Crippen LogP contribution in [0.5, 0.6) is 0 Å². The maximum Gasteiger partial charge on any atom is 0.136 e. The van der Waals surface area contributed by atoms with E-state index in [-0.39, 0.29) is 45.5 Å². The third kappa shape index (κ3) is 5.12. The summed E-state index contributed by atoms with van der Waals surface area (Å²) >= 11 is 0. The maximum atomic E-state index is 9.55. The molecule has 0 bridgehead atoms. The third-order valence-corrected chi connectivity index (χ3v) is 9.46. The van der Waals surface area contributed by atoms with Crippen LogP contribution in [0.4, 0.5) is 17.1 Å². The molecule has 0 saturated carbocycles. The highest BCUT2D eigenvalue weighted by molar-refractivity contribution is 6.12. The summed E-state index contributed by atoms with van der Waals surface area (Å²) in [5, 5.41) is 3.36. The van der Waals surface area contributed by atoms with E-state index in [1.54, 1.807) is 36.4 Å². The average molecular weight is 675 g/mol. The van der Waals surface area contributed by atoms with Crippen molar-refractivity contribution in [2.24, 2.45) is 0 Å². The lowest BCUT2D eigenvalue weighted by atomic mass is 9.96. The molecule has 0 aliphatic heterocycles. The van der Waals surface area contributed by atoms with E-state index in [1.807, 2.05) is 97.1 Å². The topological polar surface area (TPSA) is 16.4 Å². The van der Waals surface area contributed by atoms with Crippen molar-refractivity contribution in [1.82, 2.24) is 0 Å². The molecule has 1 heterocycles. The molecule has 0 radical (unpaired) electrons. The van der Waals surface area contributed by atoms with Gasteiger partial charge in [0, 0.05) is 27.5 Å². The highest BCUT2D eigenvalue weighted by atomic mass is 16.3. The number of rotatable bonds is 6. The second-order valence-corrected chi connectivity index (χ2v) is 12.5. The van der Waals surface area contributed by atoms with Crippen molar-refractivity contribution in [3.63, 3.8) is 0 Å². The molecule has 0 unspecified atom stereocenters. The van der Waals surface area contributed by atoms with Crippen molar-refractivity contribution in [2.75, 3.05) is 4.90 Å². The standard InChI is InChI=1S/C50H33NO/c1-3-14-42-36(10-1)12-7-17-43(42)38-24-22-34(23-25-38)35-26-30-40(31-27-35)51(47-19-8-13-37-11-2-4-15-44(37)47)41-32-28-39(29-33-41)45-18-9-21-49-50(45)46-16-5-6-20-48(46)52-49/h1-33H/i2D,4D,8D,11D,13D,15D,19D,26D,27D,30D,31D. The molecular weight excluding hydrogens is 631 g/mol. The Bertz CT molecular complexity index is 3490. The van der Waals surface area contributed by atoms with Gasteiger partial charge in [0.25, 0.3) is 0 Å². The maximum absolute atomic E-state index is 9.55. The predicted octanol–water partition coefficient (Wildman–Crippen LogP) is 14.4. The van der Waals surface area contributed by atoms with Gasteiger partial charge in [-0.1, -0.05) is 158 Å². The van der Waals surface area contributed by atoms with Gasteiger partial charge in [-0.3, -0.25) is 0 Å². The molecule has 0 atom stereocenters. The quantitative estimate of drug-likeness (QED) is 0.175. The molecule has 0 spiro atoms. The van der Waals surface area contributed by atoms with Gasteiger partial charge in [0.1, 0.15) is 11.2 Å². The van der Waals surface area contributed by atoms with E-state index in [4.69, 9.17) is 12.6 Å². The fraction of sp³-hybridized carbons (Fsp3) is 0. The number of para-hydroxylation sites is 1. The summed E-state index contributed by atoms with van der Waals surface area (Å²) in [7, 11) is 0. The minimum atomic E-state index is -0.638. The number of benzene rings is 9. The van der Waals surface area contributed by atoms with Crippen molar-refractivity contribution in [3.8, 4) is 33.4 Å². The van der Waals surface area contributed by atoms with E-state index in [9.17, 15) is 6.85 Å². The molecule has 1 aromatic heterocycles. The third-order valence-electron chi connectivity index (χ3n) is 9.46. The Labute approximate surface area is 317 Å². The lowest BCUT2D eigenvalue weighted by Gasteiger charge is -2.27. The second-order valence-electron chi connectivity index (χ2n) is 12.5. The second kappa shape index (κ2) is 12.5. The van der Waals surface area contributed by atoms with E-state index in [1.165, 1.54) is 4.90 Å². The normalized spacial score (nSPS) is 14.4. The fourth-order valence-electron chi connectivity index (χ4n) is 7.00. The molecule has 9 aromatic carbocycles. The van der Waals surface area contributed by atoms with Crippen molar-refractivity contribution in [3.05, 3.63) is 200 Å². The van der Waals surface area contributed by atoms with E-state index in [2.05, 4.69) is 0 Å². The first kappa shape index (κ1) is 20.7. The number of fused-ring (bicyclic) bond motifs is 5. The van der Waals surface area contributed by atoms with E-state index < -0.39 is 54.4 Å². The molecule has 244 valence electrons. The van der Waals surface area contributed by atoms with Crippen LogP contribution in [0.25, 0.3) is 76.9 Å². The van der Waals surface area contributed by atoms with E-state index in [0.29, 0.717) is 11.1 Å². The summed E-state index contributed by atoms with van der Waals surface area (Å²) in [6, 6.07) is 35.7. The van der Waals surface area contributed by atoms with Gasteiger partial charge in [-0.05, 0) is 91.9 Å². The zero-order valence-electron chi connectivity index (χ0n) is 38.6. The molecule has 10 aromatic rings. The van der Waals surface area contributed by atoms with Crippen molar-refractivity contribution in [2.45, 2.75) is 0 Å². The van der Waals surface area contributed by atoms with E-state index in [0.717, 1.165) is 49.4 Å². The van der Waals surface area contributed by atoms with Crippen LogP contribution < -0.4 is 4.90 Å². The number of hydrogen-bond acceptors (Lipinski definition) is 2. The lowest BCUT2D eigenvalue weighted by Crippen LogP contribution is -2.10. The molecule has 0 aliphatic carbocycles. The first-order valence-corrected chi connectivity index (χ1v) is 16.9. The van der Waals surface area contributed by atoms with Crippen LogP contribution >= 0.6 is 0 Å². The van der Waals surface area contributed by atoms with Gasteiger partial charge in [-0.2, -0.15) is 0 Å². The van der Waals surface area contributed by atoms with Crippen LogP contribution in [0.3, 0.4) is 0 Å². The van der Waals surface area contributed by atoms with Gasteiger partial charge in [0.2, 0.25) is 0 Å². The van der Waals surface area contributed by atoms with Crippen LogP contribution in [-0.4, -0.2) is 0 Å². The Morgan fingerprint density at radius 1 is 0.385 bits per heavy atom. The summed E-state index contributed by atoms with van der Waals surface area (Å²) in [6.07, 6.45) is 0. The number of nitrogens with zero attached hydrogens (tertiary/aromatic N) is 1. The van der Waals surface area contributed by atoms with Gasteiger partial charge >= 0.3 is 0 Å². The molecule has 2 nitrogen and oxygen atoms in total. The predicted molar refractivity (Wildman–Crippen MR) is 220 cm³/mol. The molecular formula is C50H33NO. The molecule has 10 rings (SSSR count). The molecule has 0 fully saturated rings. The number of furan rings is 1. The number of hydrogen-bond donors (Lipinski definition) is 0. The Morgan fingerprint density at radius 3 is 1.88 bits per heavy atom. The van der Waals surface area contributed by atoms with Crippen molar-refractivity contribution < 1.29 is 19.5 Å². The first-order chi connectivity index (χ1) is 30.4. The molecule has 2 heteroatoms. The minimum Gasteiger partial charge on any atom is -0.456 e. The van der Waals surface area contributed by atoms with Crippen molar-refractivity contribution in [1.29, 1.82) is 0 Å². The van der Waals surface area contributed by atoms with Gasteiger partial charge < -0.3 is 9.32 Å². The Morgan fingerprint density at radius 2 is 1.02 bits per heavy atom. The zero-order chi connectivity index (χ0) is 44.0. The van der Waals surface area contributed by atoms with Crippen molar-refractivity contribution >= 4 is 60.5 Å². The summed E-state index contributed by atoms with van der Waals surface area (Å²) in [6.45, 7) is 0. The molecule has 0 N–H and O–H groups in total. The van der Waals surface area contributed by atoms with Gasteiger partial charge in [-0.25, -0.2) is 0 Å². The average Bonchev–Trinajstić information content (AvgIpc) is 3.70. The van der Waals surface area contributed by atoms with Crippen LogP contribution in [0.15, 0.2) is 204 Å². The van der Waals surface area contributed by atoms with Crippen LogP contribution in [0.2, 0.25) is 0 Å². The highest BCUT2D eigenvalue weighted by Crippen LogP contribution is 2.42. The largest absolute Gasteiger partial charge is 0.456 e. The summed E-state index contributed by atoms with van der Waals surface area (Å²) in [5.74, 6) is 0. The number of anilines is 3. The lowest BCUT2D eigenvalue weighted by molar-refractivity contribution is 0.669. The van der Waals surface area contributed by atoms with Crippen LogP contribution in [-0.2, 0) is 0 Å². The van der Waals surface area contributed by atoms with Gasteiger partial charge in [0.15, 0.2) is 0 Å². The summed E-state index contributed by atoms with van der Waals surface area (Å²) < 4.78 is 106. The molecule has 52 heavy (non-hydrogen) atoms. The summed E-state index contributed by atoms with van der Waals surface area (Å²) in [4.78, 5) is 1.26. The summed E-state index contributed by atoms with van der Waals surface area (Å²) in [5.41, 5.74) is 5.01. The highest BCUT2D eigenvalue weighted by Gasteiger charge is 2.17. The fourth-order valence-corrected chi connectivity index (χ4v) is 7.00.